The van der Waals surface area contributed by atoms with Gasteiger partial charge in [-0.3, -0.25) is 4.99 Å². The minimum Gasteiger partial charge on any atom is -0.490 e. The van der Waals surface area contributed by atoms with Crippen molar-refractivity contribution in [2.24, 2.45) is 10.9 Å². The van der Waals surface area contributed by atoms with Crippen molar-refractivity contribution >= 4 is 5.96 Å². The van der Waals surface area contributed by atoms with E-state index in [0.29, 0.717) is 42.5 Å². The summed E-state index contributed by atoms with van der Waals surface area (Å²) in [5, 5.41) is 10.4. The zero-order valence-electron chi connectivity index (χ0n) is 17.8. The van der Waals surface area contributed by atoms with Gasteiger partial charge in [0.2, 0.25) is 5.89 Å². The highest BCUT2D eigenvalue weighted by Crippen LogP contribution is 2.30. The molecule has 0 aliphatic heterocycles. The van der Waals surface area contributed by atoms with E-state index in [9.17, 15) is 4.39 Å². The summed E-state index contributed by atoms with van der Waals surface area (Å²) in [6.45, 7) is 8.95. The van der Waals surface area contributed by atoms with Gasteiger partial charge in [0.25, 0.3) is 0 Å². The lowest BCUT2D eigenvalue weighted by Crippen LogP contribution is -2.38. The predicted octanol–water partition coefficient (Wildman–Crippen LogP) is 3.72. The summed E-state index contributed by atoms with van der Waals surface area (Å²) in [6, 6.07) is 4.91. The van der Waals surface area contributed by atoms with Gasteiger partial charge in [-0.1, -0.05) is 32.0 Å². The standard InChI is InChI=1S/C21H30FN5O2/c1-13(15-8-9-17(16(22)10-15)28-12-14-6-7-14)25-20(23-5)24-11-18-26-19(29-27-18)21(2,3)4/h8-10,13-14H,6-7,11-12H2,1-5H3,(H2,23,24,25). The molecule has 29 heavy (non-hydrogen) atoms. The van der Waals surface area contributed by atoms with E-state index in [2.05, 4.69) is 25.8 Å². The van der Waals surface area contributed by atoms with Crippen molar-refractivity contribution in [2.45, 2.75) is 58.5 Å². The summed E-state index contributed by atoms with van der Waals surface area (Å²) in [5.74, 6) is 2.25. The van der Waals surface area contributed by atoms with E-state index in [1.807, 2.05) is 33.8 Å². The van der Waals surface area contributed by atoms with Crippen molar-refractivity contribution in [1.82, 2.24) is 20.8 Å². The van der Waals surface area contributed by atoms with Crippen molar-refractivity contribution in [3.8, 4) is 5.75 Å². The maximum absolute atomic E-state index is 14.3. The molecule has 0 spiro atoms. The fourth-order valence-electron chi connectivity index (χ4n) is 2.67. The Kier molecular flexibility index (Phi) is 6.39. The van der Waals surface area contributed by atoms with Crippen LogP contribution >= 0.6 is 0 Å². The van der Waals surface area contributed by atoms with E-state index in [-0.39, 0.29) is 17.3 Å². The lowest BCUT2D eigenvalue weighted by molar-refractivity contribution is 0.285. The van der Waals surface area contributed by atoms with Crippen LogP contribution in [0.15, 0.2) is 27.7 Å². The SMILES string of the molecule is CN=C(NCc1noc(C(C)(C)C)n1)NC(C)c1ccc(OCC2CC2)c(F)c1. The summed E-state index contributed by atoms with van der Waals surface area (Å²) in [5.41, 5.74) is 0.608. The van der Waals surface area contributed by atoms with Gasteiger partial charge in [-0.15, -0.1) is 0 Å². The third kappa shape index (κ3) is 5.92. The Morgan fingerprint density at radius 2 is 2.14 bits per heavy atom. The number of aromatic nitrogens is 2. The van der Waals surface area contributed by atoms with Crippen LogP contribution in [0.2, 0.25) is 0 Å². The number of halogens is 1. The van der Waals surface area contributed by atoms with Gasteiger partial charge in [0.05, 0.1) is 19.2 Å². The zero-order chi connectivity index (χ0) is 21.0. The van der Waals surface area contributed by atoms with Crippen LogP contribution in [0.1, 0.15) is 63.9 Å². The number of aliphatic imine (C=N–C) groups is 1. The minimum atomic E-state index is -0.346. The van der Waals surface area contributed by atoms with Gasteiger partial charge in [0.15, 0.2) is 23.4 Å². The number of guanidine groups is 1. The van der Waals surface area contributed by atoms with Crippen molar-refractivity contribution in [3.63, 3.8) is 0 Å². The van der Waals surface area contributed by atoms with Crippen molar-refractivity contribution in [3.05, 3.63) is 41.3 Å². The topological polar surface area (TPSA) is 84.6 Å². The van der Waals surface area contributed by atoms with Gasteiger partial charge in [0.1, 0.15) is 0 Å². The quantitative estimate of drug-likeness (QED) is 0.541. The molecule has 158 valence electrons. The molecule has 1 heterocycles. The summed E-state index contributed by atoms with van der Waals surface area (Å²) in [4.78, 5) is 8.60. The first-order valence-corrected chi connectivity index (χ1v) is 9.98. The highest BCUT2D eigenvalue weighted by atomic mass is 19.1. The first-order chi connectivity index (χ1) is 13.8. The molecule has 3 rings (SSSR count). The Morgan fingerprint density at radius 1 is 1.38 bits per heavy atom. The van der Waals surface area contributed by atoms with Crippen LogP contribution in [0.5, 0.6) is 5.75 Å². The Hall–Kier alpha value is -2.64. The number of hydrogen-bond donors (Lipinski definition) is 2. The lowest BCUT2D eigenvalue weighted by Gasteiger charge is -2.18. The molecule has 1 saturated carbocycles. The van der Waals surface area contributed by atoms with E-state index >= 15 is 0 Å². The van der Waals surface area contributed by atoms with Crippen LogP contribution in [0.3, 0.4) is 0 Å². The van der Waals surface area contributed by atoms with E-state index in [1.165, 1.54) is 18.9 Å². The summed E-state index contributed by atoms with van der Waals surface area (Å²) < 4.78 is 25.2. The number of rotatable bonds is 7. The number of ether oxygens (including phenoxy) is 1. The van der Waals surface area contributed by atoms with Crippen LogP contribution in [0.25, 0.3) is 0 Å². The normalized spacial score (nSPS) is 15.9. The van der Waals surface area contributed by atoms with E-state index in [4.69, 9.17) is 9.26 Å². The maximum atomic E-state index is 14.3. The minimum absolute atomic E-state index is 0.149. The molecule has 1 unspecified atom stereocenters. The van der Waals surface area contributed by atoms with Gasteiger partial charge >= 0.3 is 0 Å². The van der Waals surface area contributed by atoms with Crippen molar-refractivity contribution in [1.29, 1.82) is 0 Å². The third-order valence-corrected chi connectivity index (χ3v) is 4.73. The third-order valence-electron chi connectivity index (χ3n) is 4.73. The number of nitrogens with one attached hydrogen (secondary N) is 2. The Labute approximate surface area is 171 Å². The average molecular weight is 404 g/mol. The van der Waals surface area contributed by atoms with Gasteiger partial charge in [0, 0.05) is 12.5 Å². The first kappa shape index (κ1) is 21.1. The smallest absolute Gasteiger partial charge is 0.232 e. The van der Waals surface area contributed by atoms with Gasteiger partial charge < -0.3 is 19.9 Å². The van der Waals surface area contributed by atoms with E-state index < -0.39 is 0 Å². The molecule has 2 aromatic rings. The molecule has 1 aromatic carbocycles. The highest BCUT2D eigenvalue weighted by molar-refractivity contribution is 5.80. The van der Waals surface area contributed by atoms with E-state index in [1.54, 1.807) is 13.1 Å². The fourth-order valence-corrected chi connectivity index (χ4v) is 2.67. The van der Waals surface area contributed by atoms with Crippen LogP contribution < -0.4 is 15.4 Å². The van der Waals surface area contributed by atoms with Crippen molar-refractivity contribution < 1.29 is 13.7 Å². The number of hydrogen-bond acceptors (Lipinski definition) is 5. The second-order valence-corrected chi connectivity index (χ2v) is 8.50. The maximum Gasteiger partial charge on any atom is 0.232 e. The zero-order valence-corrected chi connectivity index (χ0v) is 17.8. The largest absolute Gasteiger partial charge is 0.490 e. The second kappa shape index (κ2) is 8.80. The van der Waals surface area contributed by atoms with Crippen LogP contribution in [0.4, 0.5) is 4.39 Å². The molecule has 0 bridgehead atoms. The van der Waals surface area contributed by atoms with Crippen LogP contribution in [-0.4, -0.2) is 29.8 Å². The molecule has 7 nitrogen and oxygen atoms in total. The molecular weight excluding hydrogens is 373 g/mol. The van der Waals surface area contributed by atoms with Crippen LogP contribution in [0, 0.1) is 11.7 Å². The Bertz CT molecular complexity index is 855. The second-order valence-electron chi connectivity index (χ2n) is 8.50. The Morgan fingerprint density at radius 3 is 2.72 bits per heavy atom. The summed E-state index contributed by atoms with van der Waals surface area (Å²) >= 11 is 0. The molecule has 0 radical (unpaired) electrons. The van der Waals surface area contributed by atoms with Crippen molar-refractivity contribution in [2.75, 3.05) is 13.7 Å². The highest BCUT2D eigenvalue weighted by Gasteiger charge is 2.23. The molecule has 0 saturated heterocycles. The van der Waals surface area contributed by atoms with E-state index in [0.717, 1.165) is 5.56 Å². The molecular formula is C21H30FN5O2. The lowest BCUT2D eigenvalue weighted by atomic mass is 9.97. The average Bonchev–Trinajstić information content (AvgIpc) is 3.37. The molecule has 8 heteroatoms. The number of benzene rings is 1. The van der Waals surface area contributed by atoms with Gasteiger partial charge in [-0.25, -0.2) is 4.39 Å². The molecule has 1 fully saturated rings. The number of nitrogens with zero attached hydrogens (tertiary/aromatic N) is 3. The monoisotopic (exact) mass is 403 g/mol. The molecule has 0 amide bonds. The van der Waals surface area contributed by atoms with Crippen LogP contribution in [-0.2, 0) is 12.0 Å². The first-order valence-electron chi connectivity index (χ1n) is 9.98. The summed E-state index contributed by atoms with van der Waals surface area (Å²) in [6.07, 6.45) is 2.35. The van der Waals surface area contributed by atoms with Gasteiger partial charge in [-0.05, 0) is 43.4 Å². The molecule has 1 aliphatic carbocycles. The molecule has 1 aliphatic rings. The Balaban J connectivity index is 1.54. The molecule has 1 aromatic heterocycles. The molecule has 1 atom stereocenters. The fraction of sp³-hybridized carbons (Fsp3) is 0.571. The van der Waals surface area contributed by atoms with Gasteiger partial charge in [-0.2, -0.15) is 4.98 Å². The predicted molar refractivity (Wildman–Crippen MR) is 109 cm³/mol. The molecule has 2 N–H and O–H groups in total. The summed E-state index contributed by atoms with van der Waals surface area (Å²) in [7, 11) is 1.67.